The molecule has 0 nitrogen and oxygen atoms in total. The Labute approximate surface area is 110 Å². The van der Waals surface area contributed by atoms with Gasteiger partial charge in [-0.3, -0.25) is 0 Å². The quantitative estimate of drug-likeness (QED) is 0.448. The summed E-state index contributed by atoms with van der Waals surface area (Å²) in [6, 6.07) is 0. The van der Waals surface area contributed by atoms with Crippen LogP contribution in [0.1, 0.15) is 0 Å². The Morgan fingerprint density at radius 3 is 1.25 bits per heavy atom. The van der Waals surface area contributed by atoms with Gasteiger partial charge in [-0.15, -0.1) is 0 Å². The molecule has 0 aromatic rings. The molecule has 0 saturated heterocycles. The van der Waals surface area contributed by atoms with Gasteiger partial charge in [-0.05, 0) is 0 Å². The molecule has 0 bridgehead atoms. The SMILES string of the molecule is [Cl][Zr].[KH].[NaH]. The number of rotatable bonds is 0. The second-order valence-electron chi connectivity index (χ2n) is 0. The van der Waals surface area contributed by atoms with Gasteiger partial charge in [0, 0.05) is 0 Å². The van der Waals surface area contributed by atoms with Crippen LogP contribution in [0.4, 0.5) is 0 Å². The summed E-state index contributed by atoms with van der Waals surface area (Å²) in [7, 11) is 4.73. The van der Waals surface area contributed by atoms with E-state index in [4.69, 9.17) is 8.51 Å². The Morgan fingerprint density at radius 1 is 1.25 bits per heavy atom. The molecule has 0 aromatic heterocycles. The van der Waals surface area contributed by atoms with Gasteiger partial charge in [0.15, 0.2) is 0 Å². The van der Waals surface area contributed by atoms with Gasteiger partial charge in [-0.2, -0.15) is 0 Å². The summed E-state index contributed by atoms with van der Waals surface area (Å²) in [6.07, 6.45) is 0. The molecule has 0 aromatic carbocycles. The maximum atomic E-state index is 4.73. The first-order valence-corrected chi connectivity index (χ1v) is 3.35. The average Bonchev–Trinajstić information content (AvgIpc) is 1.00. The topological polar surface area (TPSA) is 0 Å². The average molecular weight is 191 g/mol. The molecule has 0 aliphatic heterocycles. The van der Waals surface area contributed by atoms with Crippen molar-refractivity contribution in [3.05, 3.63) is 0 Å². The molecular weight excluding hydrogens is 189 g/mol. The van der Waals surface area contributed by atoms with Crippen LogP contribution in [0.25, 0.3) is 0 Å². The van der Waals surface area contributed by atoms with Crippen LogP contribution in [0.15, 0.2) is 0 Å². The van der Waals surface area contributed by atoms with E-state index < -0.39 is 0 Å². The van der Waals surface area contributed by atoms with Crippen LogP contribution >= 0.6 is 8.51 Å². The van der Waals surface area contributed by atoms with Crippen molar-refractivity contribution in [3.63, 3.8) is 0 Å². The van der Waals surface area contributed by atoms with Crippen molar-refractivity contribution in [1.29, 1.82) is 0 Å². The summed E-state index contributed by atoms with van der Waals surface area (Å²) in [5.74, 6) is 0. The molecule has 0 fully saturated rings. The van der Waals surface area contributed by atoms with E-state index in [9.17, 15) is 0 Å². The summed E-state index contributed by atoms with van der Waals surface area (Å²) in [5.41, 5.74) is 0. The fourth-order valence-corrected chi connectivity index (χ4v) is 0. The summed E-state index contributed by atoms with van der Waals surface area (Å²) in [4.78, 5) is 0. The van der Waals surface area contributed by atoms with Gasteiger partial charge in [-0.25, -0.2) is 0 Å². The van der Waals surface area contributed by atoms with Crippen LogP contribution in [-0.2, 0) is 23.5 Å². The Kier molecular flexibility index (Phi) is 62.0. The molecule has 15 valence electrons. The molecule has 0 aliphatic carbocycles. The van der Waals surface area contributed by atoms with Gasteiger partial charge in [0.25, 0.3) is 0 Å². The van der Waals surface area contributed by atoms with Gasteiger partial charge < -0.3 is 0 Å². The van der Waals surface area contributed by atoms with Crippen LogP contribution in [0, 0.1) is 0 Å². The van der Waals surface area contributed by atoms with E-state index in [1.54, 1.807) is 0 Å². The third kappa shape index (κ3) is 9.26. The fraction of sp³-hybridized carbons (Fsp3) is 0. The van der Waals surface area contributed by atoms with E-state index in [2.05, 4.69) is 0 Å². The molecule has 0 heterocycles. The first-order valence-electron chi connectivity index (χ1n) is 0.189. The Morgan fingerprint density at radius 2 is 1.25 bits per heavy atom. The standard InChI is InChI=1S/ClH.K.Na.Zr.2H/h1H;;;;;/q;;;+1;;/p-1. The van der Waals surface area contributed by atoms with Crippen LogP contribution in [0.3, 0.4) is 0 Å². The molecule has 0 N–H and O–H groups in total. The van der Waals surface area contributed by atoms with E-state index in [0.717, 1.165) is 23.5 Å². The normalized spacial score (nSPS) is 1.00. The molecule has 0 radical (unpaired) electrons. The van der Waals surface area contributed by atoms with Crippen molar-refractivity contribution in [2.45, 2.75) is 0 Å². The minimum atomic E-state index is 0. The Bertz CT molecular complexity index is 8.00. The second kappa shape index (κ2) is 15.8. The predicted molar refractivity (Wildman–Crippen MR) is 20.2 cm³/mol. The number of halogens is 1. The van der Waals surface area contributed by atoms with Crippen LogP contribution in [0.2, 0.25) is 0 Å². The minimum absolute atomic E-state index is 0. The fourth-order valence-electron chi connectivity index (χ4n) is 0. The number of hydrogen-bond acceptors (Lipinski definition) is 0. The summed E-state index contributed by atoms with van der Waals surface area (Å²) >= 11 is 1.02. The zero-order chi connectivity index (χ0) is 2.00. The second-order valence-corrected chi connectivity index (χ2v) is 0. The summed E-state index contributed by atoms with van der Waals surface area (Å²) in [5, 5.41) is 0. The maximum absolute atomic E-state index is 4.73. The van der Waals surface area contributed by atoms with Crippen molar-refractivity contribution in [2.24, 2.45) is 0 Å². The summed E-state index contributed by atoms with van der Waals surface area (Å²) < 4.78 is 0. The van der Waals surface area contributed by atoms with Gasteiger partial charge in [0.2, 0.25) is 0 Å². The van der Waals surface area contributed by atoms with Crippen LogP contribution in [-0.4, -0.2) is 80.9 Å². The van der Waals surface area contributed by atoms with Gasteiger partial charge in [-0.1, -0.05) is 0 Å². The molecule has 0 unspecified atom stereocenters. The molecule has 0 rings (SSSR count). The van der Waals surface area contributed by atoms with E-state index >= 15 is 0 Å². The number of hydrogen-bond donors (Lipinski definition) is 0. The Hall–Kier alpha value is 3.81. The van der Waals surface area contributed by atoms with Crippen molar-refractivity contribution < 1.29 is 23.5 Å². The third-order valence-corrected chi connectivity index (χ3v) is 0. The van der Waals surface area contributed by atoms with Crippen LogP contribution < -0.4 is 0 Å². The molecule has 0 amide bonds. The van der Waals surface area contributed by atoms with E-state index in [1.807, 2.05) is 0 Å². The molecular formula is H2ClKNaZr. The van der Waals surface area contributed by atoms with Crippen molar-refractivity contribution in [2.75, 3.05) is 0 Å². The summed E-state index contributed by atoms with van der Waals surface area (Å²) in [6.45, 7) is 0. The van der Waals surface area contributed by atoms with Crippen molar-refractivity contribution in [3.8, 4) is 0 Å². The predicted octanol–water partition coefficient (Wildman–Crippen LogP) is -0.610. The van der Waals surface area contributed by atoms with Crippen molar-refractivity contribution in [1.82, 2.24) is 0 Å². The molecule has 0 spiro atoms. The first-order chi connectivity index (χ1) is 1.00. The zero-order valence-electron chi connectivity index (χ0n) is 0.878. The van der Waals surface area contributed by atoms with Gasteiger partial charge in [0.1, 0.15) is 0 Å². The van der Waals surface area contributed by atoms with Crippen LogP contribution in [0.5, 0.6) is 0 Å². The van der Waals surface area contributed by atoms with E-state index in [0.29, 0.717) is 0 Å². The Balaban J connectivity index is -0.00000000500. The zero-order valence-corrected chi connectivity index (χ0v) is 4.09. The molecule has 4 heteroatoms. The first kappa shape index (κ1) is 15.7. The molecule has 0 atom stereocenters. The van der Waals surface area contributed by atoms with Gasteiger partial charge in [0.05, 0.1) is 0 Å². The van der Waals surface area contributed by atoms with Crippen molar-refractivity contribution >= 4 is 89.5 Å². The monoisotopic (exact) mass is 189 g/mol. The third-order valence-electron chi connectivity index (χ3n) is 0. The molecule has 0 saturated carbocycles. The van der Waals surface area contributed by atoms with E-state index in [1.165, 1.54) is 0 Å². The molecule has 0 aliphatic rings. The van der Waals surface area contributed by atoms with E-state index in [-0.39, 0.29) is 80.9 Å². The molecule has 4 heavy (non-hydrogen) atoms. The van der Waals surface area contributed by atoms with Gasteiger partial charge >= 0.3 is 113 Å².